The van der Waals surface area contributed by atoms with Crippen molar-refractivity contribution in [1.29, 1.82) is 0 Å². The molecule has 1 saturated heterocycles. The van der Waals surface area contributed by atoms with Crippen molar-refractivity contribution in [1.82, 2.24) is 20.2 Å². The van der Waals surface area contributed by atoms with E-state index in [1.54, 1.807) is 11.8 Å². The van der Waals surface area contributed by atoms with Gasteiger partial charge in [-0.3, -0.25) is 14.4 Å². The average molecular weight is 357 g/mol. The van der Waals surface area contributed by atoms with Crippen molar-refractivity contribution >= 4 is 27.7 Å². The molecule has 1 aliphatic rings. The highest BCUT2D eigenvalue weighted by molar-refractivity contribution is 9.10. The number of likely N-dealkylation sites (tertiary alicyclic amines) is 1. The highest BCUT2D eigenvalue weighted by Gasteiger charge is 2.29. The van der Waals surface area contributed by atoms with Gasteiger partial charge in [0, 0.05) is 26.1 Å². The molecule has 0 bridgehead atoms. The molecule has 0 radical (unpaired) electrons. The topological polar surface area (TPSA) is 95.2 Å². The quantitative estimate of drug-likeness (QED) is 0.807. The number of aromatic amines is 1. The molecule has 2 amide bonds. The number of aromatic nitrogens is 2. The van der Waals surface area contributed by atoms with Crippen LogP contribution >= 0.6 is 15.9 Å². The Kier molecular flexibility index (Phi) is 4.76. The number of halogens is 1. The third kappa shape index (κ3) is 3.49. The number of H-pyrrole nitrogens is 1. The van der Waals surface area contributed by atoms with E-state index in [9.17, 15) is 14.4 Å². The molecule has 1 aromatic rings. The van der Waals surface area contributed by atoms with Gasteiger partial charge in [0.25, 0.3) is 11.5 Å². The molecule has 0 saturated carbocycles. The normalized spacial score (nSPS) is 22.0. The summed E-state index contributed by atoms with van der Waals surface area (Å²) in [5, 5.41) is 2.89. The fraction of sp³-hybridized carbons (Fsp3) is 0.538. The smallest absolute Gasteiger partial charge is 0.271 e. The summed E-state index contributed by atoms with van der Waals surface area (Å²) in [6.45, 7) is 4.77. The van der Waals surface area contributed by atoms with Crippen LogP contribution in [0.3, 0.4) is 0 Å². The second kappa shape index (κ2) is 6.38. The third-order valence-electron chi connectivity index (χ3n) is 3.68. The second-order valence-electron chi connectivity index (χ2n) is 5.21. The number of piperidine rings is 1. The Balaban J connectivity index is 2.05. The van der Waals surface area contributed by atoms with E-state index in [1.807, 2.05) is 6.92 Å². The number of nitrogens with one attached hydrogen (secondary N) is 2. The summed E-state index contributed by atoms with van der Waals surface area (Å²) < 4.78 is 0.122. The Labute approximate surface area is 130 Å². The molecule has 1 fully saturated rings. The lowest BCUT2D eigenvalue weighted by atomic mass is 9.93. The minimum absolute atomic E-state index is 0.0407. The number of nitrogens with zero attached hydrogens (tertiary/aromatic N) is 2. The SMILES string of the molecule is CC(=O)N1CCC(NC(=O)c2nc[nH]c(=O)c2Br)C(C)C1. The van der Waals surface area contributed by atoms with Crippen LogP contribution in [-0.2, 0) is 4.79 Å². The van der Waals surface area contributed by atoms with Crippen LogP contribution in [0.1, 0.15) is 30.8 Å². The Morgan fingerprint density at radius 3 is 2.86 bits per heavy atom. The van der Waals surface area contributed by atoms with E-state index in [2.05, 4.69) is 31.2 Å². The van der Waals surface area contributed by atoms with Gasteiger partial charge in [-0.1, -0.05) is 6.92 Å². The molecule has 0 aromatic carbocycles. The Hall–Kier alpha value is -1.70. The Bertz CT molecular complexity index is 616. The van der Waals surface area contributed by atoms with E-state index in [4.69, 9.17) is 0 Å². The summed E-state index contributed by atoms with van der Waals surface area (Å²) in [6, 6.07) is -0.0407. The number of carbonyl (C=O) groups excluding carboxylic acids is 2. The maximum atomic E-state index is 12.2. The minimum atomic E-state index is -0.394. The molecule has 2 atom stereocenters. The van der Waals surface area contributed by atoms with E-state index in [0.717, 1.165) is 0 Å². The highest BCUT2D eigenvalue weighted by Crippen LogP contribution is 2.18. The minimum Gasteiger partial charge on any atom is -0.348 e. The molecule has 2 unspecified atom stereocenters. The van der Waals surface area contributed by atoms with Gasteiger partial charge in [0.05, 0.1) is 6.33 Å². The molecule has 8 heteroatoms. The lowest BCUT2D eigenvalue weighted by molar-refractivity contribution is -0.130. The molecule has 1 aliphatic heterocycles. The number of amides is 2. The number of hydrogen-bond acceptors (Lipinski definition) is 4. The fourth-order valence-corrected chi connectivity index (χ4v) is 2.82. The van der Waals surface area contributed by atoms with Crippen molar-refractivity contribution in [2.24, 2.45) is 5.92 Å². The first kappa shape index (κ1) is 15.7. The van der Waals surface area contributed by atoms with Crippen molar-refractivity contribution < 1.29 is 9.59 Å². The number of hydrogen-bond donors (Lipinski definition) is 2. The predicted molar refractivity (Wildman–Crippen MR) is 79.8 cm³/mol. The molecule has 7 nitrogen and oxygen atoms in total. The van der Waals surface area contributed by atoms with Gasteiger partial charge in [0.2, 0.25) is 5.91 Å². The maximum Gasteiger partial charge on any atom is 0.271 e. The molecule has 0 spiro atoms. The molecule has 21 heavy (non-hydrogen) atoms. The first-order valence-corrected chi connectivity index (χ1v) is 7.49. The first-order chi connectivity index (χ1) is 9.90. The fourth-order valence-electron chi connectivity index (χ4n) is 2.42. The van der Waals surface area contributed by atoms with Gasteiger partial charge in [-0.25, -0.2) is 4.98 Å². The van der Waals surface area contributed by atoms with E-state index < -0.39 is 5.56 Å². The van der Waals surface area contributed by atoms with Gasteiger partial charge < -0.3 is 15.2 Å². The zero-order chi connectivity index (χ0) is 15.6. The van der Waals surface area contributed by atoms with Gasteiger partial charge >= 0.3 is 0 Å². The van der Waals surface area contributed by atoms with Crippen molar-refractivity contribution in [2.45, 2.75) is 26.3 Å². The van der Waals surface area contributed by atoms with Crippen LogP contribution in [0.25, 0.3) is 0 Å². The molecule has 2 N–H and O–H groups in total. The zero-order valence-corrected chi connectivity index (χ0v) is 13.4. The summed E-state index contributed by atoms with van der Waals surface area (Å²) in [5.41, 5.74) is -0.324. The molecular weight excluding hydrogens is 340 g/mol. The van der Waals surface area contributed by atoms with Gasteiger partial charge in [0.15, 0.2) is 0 Å². The number of carbonyl (C=O) groups is 2. The largest absolute Gasteiger partial charge is 0.348 e. The summed E-state index contributed by atoms with van der Waals surface area (Å²) >= 11 is 3.07. The monoisotopic (exact) mass is 356 g/mol. The van der Waals surface area contributed by atoms with E-state index in [1.165, 1.54) is 6.33 Å². The summed E-state index contributed by atoms with van der Waals surface area (Å²) in [7, 11) is 0. The van der Waals surface area contributed by atoms with Crippen molar-refractivity contribution in [3.63, 3.8) is 0 Å². The van der Waals surface area contributed by atoms with Crippen LogP contribution < -0.4 is 10.9 Å². The summed E-state index contributed by atoms with van der Waals surface area (Å²) in [4.78, 5) is 43.1. The van der Waals surface area contributed by atoms with E-state index in [0.29, 0.717) is 19.5 Å². The molecular formula is C13H17BrN4O3. The van der Waals surface area contributed by atoms with Gasteiger partial charge in [-0.2, -0.15) is 0 Å². The lowest BCUT2D eigenvalue weighted by Crippen LogP contribution is -2.51. The van der Waals surface area contributed by atoms with Gasteiger partial charge in [0.1, 0.15) is 10.2 Å². The van der Waals surface area contributed by atoms with Gasteiger partial charge in [-0.15, -0.1) is 0 Å². The molecule has 1 aromatic heterocycles. The third-order valence-corrected chi connectivity index (χ3v) is 4.41. The first-order valence-electron chi connectivity index (χ1n) is 6.69. The van der Waals surface area contributed by atoms with Crippen LogP contribution in [0.2, 0.25) is 0 Å². The molecule has 0 aliphatic carbocycles. The van der Waals surface area contributed by atoms with Crippen molar-refractivity contribution in [2.75, 3.05) is 13.1 Å². The predicted octanol–water partition coefficient (Wildman–Crippen LogP) is 0.519. The van der Waals surface area contributed by atoms with Gasteiger partial charge in [-0.05, 0) is 28.3 Å². The van der Waals surface area contributed by atoms with Crippen LogP contribution in [0.5, 0.6) is 0 Å². The average Bonchev–Trinajstić information content (AvgIpc) is 2.43. The lowest BCUT2D eigenvalue weighted by Gasteiger charge is -2.36. The number of rotatable bonds is 2. The molecule has 114 valence electrons. The Morgan fingerprint density at radius 1 is 1.52 bits per heavy atom. The van der Waals surface area contributed by atoms with Crippen molar-refractivity contribution in [3.8, 4) is 0 Å². The molecule has 2 rings (SSSR count). The van der Waals surface area contributed by atoms with Crippen LogP contribution in [0.15, 0.2) is 15.6 Å². The van der Waals surface area contributed by atoms with Crippen LogP contribution in [0, 0.1) is 5.92 Å². The van der Waals surface area contributed by atoms with E-state index in [-0.39, 0.29) is 33.9 Å². The summed E-state index contributed by atoms with van der Waals surface area (Å²) in [5.74, 6) is -0.195. The van der Waals surface area contributed by atoms with Crippen LogP contribution in [0.4, 0.5) is 0 Å². The molecule has 2 heterocycles. The summed E-state index contributed by atoms with van der Waals surface area (Å²) in [6.07, 6.45) is 1.89. The Morgan fingerprint density at radius 2 is 2.24 bits per heavy atom. The van der Waals surface area contributed by atoms with Crippen LogP contribution in [-0.4, -0.2) is 45.8 Å². The zero-order valence-electron chi connectivity index (χ0n) is 11.9. The van der Waals surface area contributed by atoms with Crippen molar-refractivity contribution in [3.05, 3.63) is 26.8 Å². The maximum absolute atomic E-state index is 12.2. The van der Waals surface area contributed by atoms with E-state index >= 15 is 0 Å². The standard InChI is InChI=1S/C13H17BrN4O3/c1-7-5-18(8(2)19)4-3-9(7)17-13(21)11-10(14)12(20)16-6-15-11/h6-7,9H,3-5H2,1-2H3,(H,17,21)(H,15,16,20). The second-order valence-corrected chi connectivity index (χ2v) is 6.00. The highest BCUT2D eigenvalue weighted by atomic mass is 79.9.